The van der Waals surface area contributed by atoms with Crippen LogP contribution in [0.4, 0.5) is 8.78 Å². The molecule has 0 aromatic carbocycles. The molecule has 0 unspecified atom stereocenters. The highest BCUT2D eigenvalue weighted by atomic mass is 19.3. The minimum absolute atomic E-state index is 0.128. The second-order valence-electron chi connectivity index (χ2n) is 3.03. The number of hydrogen-bond acceptors (Lipinski definition) is 1. The van der Waals surface area contributed by atoms with E-state index in [4.69, 9.17) is 0 Å². The molecule has 13 heavy (non-hydrogen) atoms. The second kappa shape index (κ2) is 3.28. The molecule has 0 atom stereocenters. The first kappa shape index (κ1) is 9.89. The Balaban J connectivity index is 3.51. The molecule has 0 aliphatic rings. The monoisotopic (exact) mass is 187 g/mol. The smallest absolute Gasteiger partial charge is 0.264 e. The van der Waals surface area contributed by atoms with Crippen molar-refractivity contribution in [3.8, 4) is 0 Å². The summed E-state index contributed by atoms with van der Waals surface area (Å²) < 4.78 is 26.1. The molecule has 0 bridgehead atoms. The Morgan fingerprint density at radius 2 is 1.92 bits per heavy atom. The molecule has 0 saturated heterocycles. The molecule has 0 spiro atoms. The quantitative estimate of drug-likeness (QED) is 0.658. The van der Waals surface area contributed by atoms with Crippen LogP contribution in [0.25, 0.3) is 0 Å². The lowest BCUT2D eigenvalue weighted by atomic mass is 10.1. The van der Waals surface area contributed by atoms with E-state index in [1.165, 1.54) is 17.6 Å². The molecular weight excluding hydrogens is 176 g/mol. The Bertz CT molecular complexity index is 382. The molecule has 0 aliphatic carbocycles. The molecule has 0 aliphatic heterocycles. The third-order valence-corrected chi connectivity index (χ3v) is 2.19. The molecule has 0 fully saturated rings. The molecule has 0 radical (unpaired) electrons. The number of nitrogens with zero attached hydrogens (tertiary/aromatic N) is 1. The summed E-state index contributed by atoms with van der Waals surface area (Å²) in [7, 11) is 1.57. The zero-order valence-electron chi connectivity index (χ0n) is 7.77. The minimum Gasteiger partial charge on any atom is -0.316 e. The summed E-state index contributed by atoms with van der Waals surface area (Å²) in [6.07, 6.45) is -2.58. The summed E-state index contributed by atoms with van der Waals surface area (Å²) in [5.41, 5.74) is 0.157. The number of halogens is 2. The van der Waals surface area contributed by atoms with E-state index in [-0.39, 0.29) is 16.7 Å². The van der Waals surface area contributed by atoms with Gasteiger partial charge in [0.15, 0.2) is 0 Å². The van der Waals surface area contributed by atoms with E-state index in [0.29, 0.717) is 5.69 Å². The van der Waals surface area contributed by atoms with Crippen molar-refractivity contribution in [1.29, 1.82) is 0 Å². The predicted molar refractivity (Wildman–Crippen MR) is 46.1 cm³/mol. The summed E-state index contributed by atoms with van der Waals surface area (Å²) >= 11 is 0. The molecular formula is C9H11F2NO. The Kier molecular flexibility index (Phi) is 2.50. The van der Waals surface area contributed by atoms with Gasteiger partial charge in [0.1, 0.15) is 0 Å². The molecule has 0 saturated carbocycles. The first-order valence-electron chi connectivity index (χ1n) is 3.90. The van der Waals surface area contributed by atoms with Crippen molar-refractivity contribution < 1.29 is 8.78 Å². The molecule has 4 heteroatoms. The largest absolute Gasteiger partial charge is 0.316 e. The van der Waals surface area contributed by atoms with Crippen LogP contribution in [-0.2, 0) is 7.05 Å². The van der Waals surface area contributed by atoms with Crippen LogP contribution in [-0.4, -0.2) is 4.57 Å². The number of aryl methyl sites for hydroxylation is 1. The molecule has 1 aromatic heterocycles. The molecule has 1 aromatic rings. The predicted octanol–water partition coefficient (Wildman–Crippen LogP) is 1.94. The van der Waals surface area contributed by atoms with Gasteiger partial charge in [-0.15, -0.1) is 0 Å². The van der Waals surface area contributed by atoms with Crippen LogP contribution in [0.15, 0.2) is 10.9 Å². The van der Waals surface area contributed by atoms with Crippen molar-refractivity contribution in [2.75, 3.05) is 0 Å². The van der Waals surface area contributed by atoms with Crippen molar-refractivity contribution in [3.05, 3.63) is 33.2 Å². The van der Waals surface area contributed by atoms with Crippen molar-refractivity contribution in [3.63, 3.8) is 0 Å². The van der Waals surface area contributed by atoms with Gasteiger partial charge < -0.3 is 4.57 Å². The standard InChI is InChI=1S/C9H11F2NO/c1-5-4-7(8(10)11)6(2)9(13)12(5)3/h4,8H,1-3H3. The van der Waals surface area contributed by atoms with Crippen LogP contribution in [0.5, 0.6) is 0 Å². The molecule has 0 N–H and O–H groups in total. The number of pyridine rings is 1. The number of aromatic nitrogens is 1. The second-order valence-corrected chi connectivity index (χ2v) is 3.03. The van der Waals surface area contributed by atoms with Gasteiger partial charge in [-0.3, -0.25) is 4.79 Å². The summed E-state index contributed by atoms with van der Waals surface area (Å²) in [5.74, 6) is 0. The maximum absolute atomic E-state index is 12.4. The van der Waals surface area contributed by atoms with E-state index in [0.717, 1.165) is 0 Å². The van der Waals surface area contributed by atoms with E-state index in [1.807, 2.05) is 0 Å². The van der Waals surface area contributed by atoms with Crippen LogP contribution >= 0.6 is 0 Å². The average molecular weight is 187 g/mol. The SMILES string of the molecule is Cc1c(C(F)F)cc(C)n(C)c1=O. The van der Waals surface area contributed by atoms with Crippen molar-refractivity contribution in [2.45, 2.75) is 20.3 Å². The Labute approximate surface area is 74.8 Å². The van der Waals surface area contributed by atoms with Gasteiger partial charge >= 0.3 is 0 Å². The lowest BCUT2D eigenvalue weighted by Gasteiger charge is -2.09. The number of alkyl halides is 2. The normalized spacial score (nSPS) is 10.9. The summed E-state index contributed by atoms with van der Waals surface area (Å²) in [6.45, 7) is 3.05. The van der Waals surface area contributed by atoms with Gasteiger partial charge in [-0.25, -0.2) is 8.78 Å². The van der Waals surface area contributed by atoms with Gasteiger partial charge in [0.2, 0.25) is 0 Å². The van der Waals surface area contributed by atoms with Crippen LogP contribution in [0, 0.1) is 13.8 Å². The molecule has 2 nitrogen and oxygen atoms in total. The fraction of sp³-hybridized carbons (Fsp3) is 0.444. The van der Waals surface area contributed by atoms with Gasteiger partial charge in [-0.05, 0) is 19.9 Å². The lowest BCUT2D eigenvalue weighted by molar-refractivity contribution is 0.150. The third-order valence-electron chi connectivity index (χ3n) is 2.19. The third kappa shape index (κ3) is 1.61. The number of rotatable bonds is 1. The molecule has 0 amide bonds. The highest BCUT2D eigenvalue weighted by Gasteiger charge is 2.14. The average Bonchev–Trinajstić information content (AvgIpc) is 2.07. The Morgan fingerprint density at radius 3 is 2.38 bits per heavy atom. The lowest BCUT2D eigenvalue weighted by Crippen LogP contribution is -2.23. The van der Waals surface area contributed by atoms with Gasteiger partial charge in [0.25, 0.3) is 12.0 Å². The van der Waals surface area contributed by atoms with E-state index in [1.54, 1.807) is 14.0 Å². The molecule has 1 rings (SSSR count). The maximum Gasteiger partial charge on any atom is 0.264 e. The zero-order valence-corrected chi connectivity index (χ0v) is 7.77. The van der Waals surface area contributed by atoms with Crippen molar-refractivity contribution >= 4 is 0 Å². The van der Waals surface area contributed by atoms with Gasteiger partial charge in [0, 0.05) is 23.9 Å². The first-order valence-corrected chi connectivity index (χ1v) is 3.90. The molecule has 1 heterocycles. The number of hydrogen-bond donors (Lipinski definition) is 0. The van der Waals surface area contributed by atoms with Crippen molar-refractivity contribution in [1.82, 2.24) is 4.57 Å². The van der Waals surface area contributed by atoms with E-state index in [9.17, 15) is 13.6 Å². The minimum atomic E-state index is -2.58. The Morgan fingerprint density at radius 1 is 1.38 bits per heavy atom. The van der Waals surface area contributed by atoms with E-state index in [2.05, 4.69) is 0 Å². The highest BCUT2D eigenvalue weighted by molar-refractivity contribution is 5.27. The van der Waals surface area contributed by atoms with Crippen LogP contribution in [0.2, 0.25) is 0 Å². The first-order chi connectivity index (χ1) is 5.95. The van der Waals surface area contributed by atoms with E-state index >= 15 is 0 Å². The summed E-state index contributed by atoms with van der Waals surface area (Å²) in [5, 5.41) is 0. The maximum atomic E-state index is 12.4. The van der Waals surface area contributed by atoms with Gasteiger partial charge in [-0.1, -0.05) is 0 Å². The fourth-order valence-corrected chi connectivity index (χ4v) is 1.19. The van der Waals surface area contributed by atoms with E-state index < -0.39 is 6.43 Å². The van der Waals surface area contributed by atoms with Crippen LogP contribution < -0.4 is 5.56 Å². The summed E-state index contributed by atoms with van der Waals surface area (Å²) in [6, 6.07) is 1.35. The molecule has 72 valence electrons. The van der Waals surface area contributed by atoms with Crippen LogP contribution in [0.3, 0.4) is 0 Å². The van der Waals surface area contributed by atoms with Crippen molar-refractivity contribution in [2.24, 2.45) is 7.05 Å². The van der Waals surface area contributed by atoms with Gasteiger partial charge in [0.05, 0.1) is 0 Å². The van der Waals surface area contributed by atoms with Gasteiger partial charge in [-0.2, -0.15) is 0 Å². The highest BCUT2D eigenvalue weighted by Crippen LogP contribution is 2.20. The Hall–Kier alpha value is -1.19. The fourth-order valence-electron chi connectivity index (χ4n) is 1.19. The van der Waals surface area contributed by atoms with Crippen LogP contribution in [0.1, 0.15) is 23.2 Å². The zero-order chi connectivity index (χ0) is 10.2. The summed E-state index contributed by atoms with van der Waals surface area (Å²) in [4.78, 5) is 11.3. The topological polar surface area (TPSA) is 22.0 Å².